The van der Waals surface area contributed by atoms with Crippen molar-refractivity contribution < 1.29 is 4.74 Å². The van der Waals surface area contributed by atoms with E-state index in [2.05, 4.69) is 65.2 Å². The molecule has 0 bridgehead atoms. The van der Waals surface area contributed by atoms with E-state index >= 15 is 0 Å². The number of hydrogen-bond acceptors (Lipinski definition) is 3. The van der Waals surface area contributed by atoms with Gasteiger partial charge in [-0.3, -0.25) is 0 Å². The number of H-pyrrole nitrogens is 1. The van der Waals surface area contributed by atoms with Gasteiger partial charge in [-0.1, -0.05) is 37.3 Å². The third-order valence-electron chi connectivity index (χ3n) is 5.34. The zero-order valence-electron chi connectivity index (χ0n) is 15.6. The Bertz CT molecular complexity index is 852. The molecule has 0 aliphatic carbocycles. The SMILES string of the molecule is C[C@@H](CN(C)Cc1c([C@H]2CCCO2)[nH]c2ncccc12)c1ccccc1. The van der Waals surface area contributed by atoms with Gasteiger partial charge in [0, 0.05) is 31.3 Å². The number of pyridine rings is 1. The molecule has 0 spiro atoms. The van der Waals surface area contributed by atoms with Gasteiger partial charge in [0.25, 0.3) is 0 Å². The Morgan fingerprint density at radius 3 is 2.85 bits per heavy atom. The molecule has 26 heavy (non-hydrogen) atoms. The van der Waals surface area contributed by atoms with Crippen molar-refractivity contribution in [2.75, 3.05) is 20.2 Å². The van der Waals surface area contributed by atoms with Crippen LogP contribution in [0.15, 0.2) is 48.7 Å². The van der Waals surface area contributed by atoms with Crippen LogP contribution in [-0.4, -0.2) is 35.1 Å². The summed E-state index contributed by atoms with van der Waals surface area (Å²) in [4.78, 5) is 10.5. The number of rotatable bonds is 6. The highest BCUT2D eigenvalue weighted by molar-refractivity contribution is 5.81. The van der Waals surface area contributed by atoms with E-state index in [1.807, 2.05) is 12.3 Å². The monoisotopic (exact) mass is 349 g/mol. The molecule has 1 saturated heterocycles. The van der Waals surface area contributed by atoms with E-state index in [0.717, 1.165) is 38.2 Å². The number of fused-ring (bicyclic) bond motifs is 1. The summed E-state index contributed by atoms with van der Waals surface area (Å²) in [5.41, 5.74) is 4.91. The molecule has 1 aliphatic rings. The Hall–Kier alpha value is -2.17. The van der Waals surface area contributed by atoms with Crippen molar-refractivity contribution in [2.24, 2.45) is 0 Å². The molecule has 4 heteroatoms. The summed E-state index contributed by atoms with van der Waals surface area (Å²) in [5, 5.41) is 1.22. The summed E-state index contributed by atoms with van der Waals surface area (Å²) >= 11 is 0. The van der Waals surface area contributed by atoms with Gasteiger partial charge in [0.15, 0.2) is 0 Å². The Kier molecular flexibility index (Phi) is 5.05. The maximum atomic E-state index is 5.96. The lowest BCUT2D eigenvalue weighted by Crippen LogP contribution is -2.23. The molecule has 2 atom stereocenters. The lowest BCUT2D eigenvalue weighted by atomic mass is 10.0. The van der Waals surface area contributed by atoms with Crippen LogP contribution in [0.5, 0.6) is 0 Å². The minimum Gasteiger partial charge on any atom is -0.372 e. The molecule has 1 aliphatic heterocycles. The third kappa shape index (κ3) is 3.53. The second kappa shape index (κ2) is 7.60. The molecule has 1 fully saturated rings. The van der Waals surface area contributed by atoms with Gasteiger partial charge < -0.3 is 14.6 Å². The zero-order chi connectivity index (χ0) is 17.9. The van der Waals surface area contributed by atoms with Gasteiger partial charge in [0.05, 0.1) is 11.8 Å². The fourth-order valence-corrected chi connectivity index (χ4v) is 4.04. The Morgan fingerprint density at radius 1 is 1.23 bits per heavy atom. The van der Waals surface area contributed by atoms with Crippen LogP contribution >= 0.6 is 0 Å². The predicted octanol–water partition coefficient (Wildman–Crippen LogP) is 4.65. The lowest BCUT2D eigenvalue weighted by molar-refractivity contribution is 0.108. The van der Waals surface area contributed by atoms with Crippen molar-refractivity contribution in [1.82, 2.24) is 14.9 Å². The molecular formula is C22H27N3O. The van der Waals surface area contributed by atoms with E-state index in [1.54, 1.807) is 0 Å². The zero-order valence-corrected chi connectivity index (χ0v) is 15.6. The van der Waals surface area contributed by atoms with E-state index in [0.29, 0.717) is 5.92 Å². The van der Waals surface area contributed by atoms with Crippen LogP contribution in [0.3, 0.4) is 0 Å². The Labute approximate surface area is 155 Å². The fourth-order valence-electron chi connectivity index (χ4n) is 4.04. The average molecular weight is 349 g/mol. The van der Waals surface area contributed by atoms with Crippen LogP contribution < -0.4 is 0 Å². The van der Waals surface area contributed by atoms with Crippen molar-refractivity contribution in [3.05, 3.63) is 65.5 Å². The molecule has 4 rings (SSSR count). The lowest BCUT2D eigenvalue weighted by Gasteiger charge is -2.23. The van der Waals surface area contributed by atoms with Crippen molar-refractivity contribution in [3.8, 4) is 0 Å². The molecule has 4 nitrogen and oxygen atoms in total. The molecule has 2 aromatic heterocycles. The van der Waals surface area contributed by atoms with E-state index in [4.69, 9.17) is 4.74 Å². The third-order valence-corrected chi connectivity index (χ3v) is 5.34. The van der Waals surface area contributed by atoms with E-state index in [9.17, 15) is 0 Å². The summed E-state index contributed by atoms with van der Waals surface area (Å²) in [7, 11) is 2.20. The maximum absolute atomic E-state index is 5.96. The number of aromatic nitrogens is 2. The first-order valence-electron chi connectivity index (χ1n) is 9.53. The van der Waals surface area contributed by atoms with Crippen molar-refractivity contribution >= 4 is 11.0 Å². The van der Waals surface area contributed by atoms with Gasteiger partial charge >= 0.3 is 0 Å². The number of benzene rings is 1. The van der Waals surface area contributed by atoms with Gasteiger partial charge in [-0.15, -0.1) is 0 Å². The van der Waals surface area contributed by atoms with Crippen LogP contribution in [0.4, 0.5) is 0 Å². The summed E-state index contributed by atoms with van der Waals surface area (Å²) in [6.45, 7) is 5.07. The molecule has 0 radical (unpaired) electrons. The molecule has 0 unspecified atom stereocenters. The quantitative estimate of drug-likeness (QED) is 0.704. The second-order valence-electron chi connectivity index (χ2n) is 7.43. The van der Waals surface area contributed by atoms with Gasteiger partial charge in [-0.25, -0.2) is 4.98 Å². The molecule has 136 valence electrons. The summed E-state index contributed by atoms with van der Waals surface area (Å²) in [5.74, 6) is 0.496. The smallest absolute Gasteiger partial charge is 0.137 e. The topological polar surface area (TPSA) is 41.1 Å². The number of hydrogen-bond donors (Lipinski definition) is 1. The van der Waals surface area contributed by atoms with Crippen LogP contribution in [0, 0.1) is 0 Å². The summed E-state index contributed by atoms with van der Waals surface area (Å²) in [6.07, 6.45) is 4.25. The molecular weight excluding hydrogens is 322 g/mol. The highest BCUT2D eigenvalue weighted by atomic mass is 16.5. The minimum atomic E-state index is 0.180. The number of ether oxygens (including phenoxy) is 1. The number of likely N-dealkylation sites (N-methyl/N-ethyl adjacent to an activating group) is 1. The molecule has 1 N–H and O–H groups in total. The second-order valence-corrected chi connectivity index (χ2v) is 7.43. The molecule has 0 saturated carbocycles. The first-order chi connectivity index (χ1) is 12.7. The summed E-state index contributed by atoms with van der Waals surface area (Å²) < 4.78 is 5.96. The largest absolute Gasteiger partial charge is 0.372 e. The van der Waals surface area contributed by atoms with E-state index < -0.39 is 0 Å². The van der Waals surface area contributed by atoms with Crippen LogP contribution in [0.1, 0.15) is 48.6 Å². The first kappa shape index (κ1) is 17.3. The van der Waals surface area contributed by atoms with Crippen LogP contribution in [0.25, 0.3) is 11.0 Å². The van der Waals surface area contributed by atoms with Gasteiger partial charge in [0.2, 0.25) is 0 Å². The minimum absolute atomic E-state index is 0.180. The number of aromatic amines is 1. The van der Waals surface area contributed by atoms with Gasteiger partial charge in [-0.2, -0.15) is 0 Å². The molecule has 0 amide bonds. The normalized spacial score (nSPS) is 18.7. The number of nitrogens with zero attached hydrogens (tertiary/aromatic N) is 2. The van der Waals surface area contributed by atoms with Crippen molar-refractivity contribution in [1.29, 1.82) is 0 Å². The predicted molar refractivity (Wildman–Crippen MR) is 105 cm³/mol. The van der Waals surface area contributed by atoms with Gasteiger partial charge in [-0.05, 0) is 49.1 Å². The Balaban J connectivity index is 1.56. The molecule has 3 heterocycles. The molecule has 1 aromatic carbocycles. The fraction of sp³-hybridized carbons (Fsp3) is 0.409. The van der Waals surface area contributed by atoms with Crippen molar-refractivity contribution in [2.45, 2.75) is 38.3 Å². The van der Waals surface area contributed by atoms with Crippen LogP contribution in [0.2, 0.25) is 0 Å². The van der Waals surface area contributed by atoms with E-state index in [1.165, 1.54) is 22.2 Å². The standard InChI is InChI=1S/C22H27N3O/c1-16(17-8-4-3-5-9-17)14-25(2)15-19-18-10-6-12-23-22(18)24-21(19)20-11-7-13-26-20/h3-6,8-10,12,16,20H,7,11,13-15H2,1-2H3,(H,23,24)/t16-,20+/m0/s1. The summed E-state index contributed by atoms with van der Waals surface area (Å²) in [6, 6.07) is 14.9. The van der Waals surface area contributed by atoms with Crippen molar-refractivity contribution in [3.63, 3.8) is 0 Å². The van der Waals surface area contributed by atoms with E-state index in [-0.39, 0.29) is 6.10 Å². The van der Waals surface area contributed by atoms with Gasteiger partial charge in [0.1, 0.15) is 5.65 Å². The number of nitrogens with one attached hydrogen (secondary N) is 1. The highest BCUT2D eigenvalue weighted by Crippen LogP contribution is 2.34. The molecule has 3 aromatic rings. The Morgan fingerprint density at radius 2 is 2.08 bits per heavy atom. The maximum Gasteiger partial charge on any atom is 0.137 e. The highest BCUT2D eigenvalue weighted by Gasteiger charge is 2.25. The average Bonchev–Trinajstić information content (AvgIpc) is 3.31. The van der Waals surface area contributed by atoms with Crippen LogP contribution in [-0.2, 0) is 11.3 Å². The first-order valence-corrected chi connectivity index (χ1v) is 9.53.